The fourth-order valence-electron chi connectivity index (χ4n) is 2.54. The van der Waals surface area contributed by atoms with Crippen LogP contribution in [-0.2, 0) is 4.79 Å². The smallest absolute Gasteiger partial charge is 0.233 e. The predicted octanol–water partition coefficient (Wildman–Crippen LogP) is 1.45. The number of carbonyl (C=O) groups is 1. The number of thioether (sulfide) groups is 1. The van der Waals surface area contributed by atoms with Gasteiger partial charge in [-0.3, -0.25) is 4.79 Å². The van der Waals surface area contributed by atoms with Gasteiger partial charge in [0.2, 0.25) is 5.91 Å². The molecule has 1 saturated carbocycles. The highest BCUT2D eigenvalue weighted by molar-refractivity contribution is 7.99. The number of amides is 1. The van der Waals surface area contributed by atoms with Gasteiger partial charge in [-0.05, 0) is 25.0 Å². The number of rotatable bonds is 3. The lowest BCUT2D eigenvalue weighted by atomic mass is 9.85. The molecule has 1 unspecified atom stereocenters. The molecular formula is C11H18N2OS2. The van der Waals surface area contributed by atoms with E-state index in [-0.39, 0.29) is 5.91 Å². The fraction of sp³-hybridized carbons (Fsp3) is 0.818. The maximum Gasteiger partial charge on any atom is 0.233 e. The van der Waals surface area contributed by atoms with E-state index in [9.17, 15) is 4.79 Å². The molecule has 3 N–H and O–H groups in total. The third-order valence-corrected chi connectivity index (χ3v) is 5.18. The van der Waals surface area contributed by atoms with E-state index in [4.69, 9.17) is 18.0 Å². The van der Waals surface area contributed by atoms with Crippen LogP contribution in [0.3, 0.4) is 0 Å². The standard InChI is InChI=1S/C11H18N2OS2/c12-9(15)11(4-1-2-5-11)10(14)13-8-3-6-16-7-8/h8H,1-7H2,(H2,12,15)(H,13,14). The zero-order valence-electron chi connectivity index (χ0n) is 9.33. The molecule has 1 saturated heterocycles. The van der Waals surface area contributed by atoms with Crippen LogP contribution in [0.1, 0.15) is 32.1 Å². The van der Waals surface area contributed by atoms with E-state index in [1.807, 2.05) is 11.8 Å². The number of thiocarbonyl (C=S) groups is 1. The van der Waals surface area contributed by atoms with E-state index in [1.165, 1.54) is 0 Å². The molecule has 0 spiro atoms. The van der Waals surface area contributed by atoms with Gasteiger partial charge in [0.15, 0.2) is 0 Å². The summed E-state index contributed by atoms with van der Waals surface area (Å²) in [6, 6.07) is 0.323. The summed E-state index contributed by atoms with van der Waals surface area (Å²) in [6.45, 7) is 0. The SMILES string of the molecule is NC(=S)C1(C(=O)NC2CCSC2)CCCC1. The van der Waals surface area contributed by atoms with Crippen LogP contribution >= 0.6 is 24.0 Å². The van der Waals surface area contributed by atoms with Crippen molar-refractivity contribution in [3.05, 3.63) is 0 Å². The monoisotopic (exact) mass is 258 g/mol. The number of hydrogen-bond acceptors (Lipinski definition) is 3. The largest absolute Gasteiger partial charge is 0.392 e. The Morgan fingerprint density at radius 1 is 1.44 bits per heavy atom. The molecule has 0 radical (unpaired) electrons. The molecule has 5 heteroatoms. The summed E-state index contributed by atoms with van der Waals surface area (Å²) >= 11 is 6.99. The van der Waals surface area contributed by atoms with Gasteiger partial charge in [0, 0.05) is 11.8 Å². The van der Waals surface area contributed by atoms with Crippen LogP contribution in [0.2, 0.25) is 0 Å². The van der Waals surface area contributed by atoms with Crippen molar-refractivity contribution in [2.24, 2.45) is 11.1 Å². The van der Waals surface area contributed by atoms with E-state index >= 15 is 0 Å². The van der Waals surface area contributed by atoms with Crippen LogP contribution in [-0.4, -0.2) is 28.4 Å². The Morgan fingerprint density at radius 3 is 2.62 bits per heavy atom. The van der Waals surface area contributed by atoms with Crippen molar-refractivity contribution in [3.8, 4) is 0 Å². The van der Waals surface area contributed by atoms with Crippen molar-refractivity contribution in [1.29, 1.82) is 0 Å². The van der Waals surface area contributed by atoms with Crippen molar-refractivity contribution in [2.45, 2.75) is 38.1 Å². The molecule has 1 heterocycles. The lowest BCUT2D eigenvalue weighted by Gasteiger charge is -2.27. The number of hydrogen-bond donors (Lipinski definition) is 2. The minimum absolute atomic E-state index is 0.0741. The molecule has 0 bridgehead atoms. The molecule has 1 amide bonds. The van der Waals surface area contributed by atoms with Gasteiger partial charge in [0.05, 0.1) is 10.4 Å². The van der Waals surface area contributed by atoms with Crippen molar-refractivity contribution >= 4 is 34.9 Å². The van der Waals surface area contributed by atoms with E-state index < -0.39 is 5.41 Å². The Hall–Kier alpha value is -0.290. The maximum atomic E-state index is 12.3. The Bertz CT molecular complexity index is 294. The van der Waals surface area contributed by atoms with Crippen molar-refractivity contribution in [3.63, 3.8) is 0 Å². The fourth-order valence-corrected chi connectivity index (χ4v) is 3.98. The normalized spacial score (nSPS) is 27.9. The van der Waals surface area contributed by atoms with Crippen molar-refractivity contribution in [1.82, 2.24) is 5.32 Å². The Labute approximate surface area is 106 Å². The number of nitrogens with two attached hydrogens (primary N) is 1. The van der Waals surface area contributed by atoms with Gasteiger partial charge >= 0.3 is 0 Å². The average molecular weight is 258 g/mol. The Kier molecular flexibility index (Phi) is 3.74. The second-order valence-electron chi connectivity index (χ2n) is 4.69. The third kappa shape index (κ3) is 2.20. The highest BCUT2D eigenvalue weighted by atomic mass is 32.2. The van der Waals surface area contributed by atoms with Crippen LogP contribution in [0, 0.1) is 5.41 Å². The molecule has 2 fully saturated rings. The van der Waals surface area contributed by atoms with Gasteiger partial charge in [0.1, 0.15) is 0 Å². The molecule has 16 heavy (non-hydrogen) atoms. The first-order valence-electron chi connectivity index (χ1n) is 5.84. The lowest BCUT2D eigenvalue weighted by molar-refractivity contribution is -0.127. The average Bonchev–Trinajstić information content (AvgIpc) is 2.87. The van der Waals surface area contributed by atoms with Crippen molar-refractivity contribution < 1.29 is 4.79 Å². The predicted molar refractivity (Wildman–Crippen MR) is 71.6 cm³/mol. The molecule has 3 nitrogen and oxygen atoms in total. The van der Waals surface area contributed by atoms with Gasteiger partial charge in [-0.2, -0.15) is 11.8 Å². The molecule has 90 valence electrons. The molecule has 1 atom stereocenters. The zero-order valence-corrected chi connectivity index (χ0v) is 11.0. The summed E-state index contributed by atoms with van der Waals surface area (Å²) in [5.74, 6) is 2.24. The Morgan fingerprint density at radius 2 is 2.12 bits per heavy atom. The van der Waals surface area contributed by atoms with E-state index in [2.05, 4.69) is 5.32 Å². The van der Waals surface area contributed by atoms with Crippen molar-refractivity contribution in [2.75, 3.05) is 11.5 Å². The second-order valence-corrected chi connectivity index (χ2v) is 6.28. The van der Waals surface area contributed by atoms with Gasteiger partial charge in [-0.1, -0.05) is 25.1 Å². The molecule has 2 rings (SSSR count). The molecular weight excluding hydrogens is 240 g/mol. The lowest BCUT2D eigenvalue weighted by Crippen LogP contribution is -2.50. The first kappa shape index (κ1) is 12.2. The van der Waals surface area contributed by atoms with E-state index in [1.54, 1.807) is 0 Å². The summed E-state index contributed by atoms with van der Waals surface area (Å²) in [5.41, 5.74) is 5.23. The minimum Gasteiger partial charge on any atom is -0.392 e. The van der Waals surface area contributed by atoms with Gasteiger partial charge in [-0.15, -0.1) is 0 Å². The first-order chi connectivity index (χ1) is 7.65. The number of carbonyl (C=O) groups excluding carboxylic acids is 1. The topological polar surface area (TPSA) is 55.1 Å². The van der Waals surface area contributed by atoms with Gasteiger partial charge < -0.3 is 11.1 Å². The molecule has 1 aliphatic heterocycles. The Balaban J connectivity index is 2.02. The highest BCUT2D eigenvalue weighted by Crippen LogP contribution is 2.39. The van der Waals surface area contributed by atoms with Gasteiger partial charge in [0.25, 0.3) is 0 Å². The van der Waals surface area contributed by atoms with Crippen LogP contribution in [0.4, 0.5) is 0 Å². The summed E-state index contributed by atoms with van der Waals surface area (Å²) in [4.78, 5) is 12.7. The molecule has 0 aromatic carbocycles. The highest BCUT2D eigenvalue weighted by Gasteiger charge is 2.44. The van der Waals surface area contributed by atoms with Crippen LogP contribution < -0.4 is 11.1 Å². The minimum atomic E-state index is -0.539. The molecule has 0 aromatic rings. The zero-order chi connectivity index (χ0) is 11.6. The van der Waals surface area contributed by atoms with Crippen LogP contribution in [0.25, 0.3) is 0 Å². The third-order valence-electron chi connectivity index (χ3n) is 3.63. The van der Waals surface area contributed by atoms with E-state index in [0.29, 0.717) is 11.0 Å². The quantitative estimate of drug-likeness (QED) is 0.753. The first-order valence-corrected chi connectivity index (χ1v) is 7.40. The summed E-state index contributed by atoms with van der Waals surface area (Å²) < 4.78 is 0. The molecule has 0 aromatic heterocycles. The number of nitrogens with one attached hydrogen (secondary N) is 1. The summed E-state index contributed by atoms with van der Waals surface area (Å²) in [7, 11) is 0. The second kappa shape index (κ2) is 4.92. The van der Waals surface area contributed by atoms with Crippen LogP contribution in [0.15, 0.2) is 0 Å². The summed E-state index contributed by atoms with van der Waals surface area (Å²) in [6.07, 6.45) is 4.85. The van der Waals surface area contributed by atoms with Gasteiger partial charge in [-0.25, -0.2) is 0 Å². The molecule has 1 aliphatic carbocycles. The van der Waals surface area contributed by atoms with E-state index in [0.717, 1.165) is 43.6 Å². The molecule has 2 aliphatic rings. The van der Waals surface area contributed by atoms with Crippen LogP contribution in [0.5, 0.6) is 0 Å². The maximum absolute atomic E-state index is 12.3. The summed E-state index contributed by atoms with van der Waals surface area (Å²) in [5, 5.41) is 3.12.